The van der Waals surface area contributed by atoms with Crippen LogP contribution in [0.25, 0.3) is 0 Å². The van der Waals surface area contributed by atoms with Crippen molar-refractivity contribution in [3.8, 4) is 0 Å². The molecule has 20 heavy (non-hydrogen) atoms. The standard InChI is InChI=1S/C19H31N/c1-4-9-20-14-19-8-6-5-7-18(19)13-17-11-15(2)10-16(3)12-17/h10-12,18-20H,4-9,13-14H2,1-3H3. The highest BCUT2D eigenvalue weighted by Crippen LogP contribution is 2.32. The lowest BCUT2D eigenvalue weighted by molar-refractivity contribution is 0.229. The Kier molecular flexibility index (Phi) is 6.09. The van der Waals surface area contributed by atoms with E-state index in [1.165, 1.54) is 62.7 Å². The SMILES string of the molecule is CCCNCC1CCCCC1Cc1cc(C)cc(C)c1. The van der Waals surface area contributed by atoms with Crippen molar-refractivity contribution >= 4 is 0 Å². The highest BCUT2D eigenvalue weighted by molar-refractivity contribution is 5.28. The molecular formula is C19H31N. The van der Waals surface area contributed by atoms with Gasteiger partial charge < -0.3 is 5.32 Å². The van der Waals surface area contributed by atoms with Crippen LogP contribution in [0.3, 0.4) is 0 Å². The van der Waals surface area contributed by atoms with Crippen molar-refractivity contribution in [2.75, 3.05) is 13.1 Å². The van der Waals surface area contributed by atoms with Gasteiger partial charge in [-0.25, -0.2) is 0 Å². The molecule has 1 N–H and O–H groups in total. The number of hydrogen-bond acceptors (Lipinski definition) is 1. The molecule has 0 radical (unpaired) electrons. The summed E-state index contributed by atoms with van der Waals surface area (Å²) in [6, 6.07) is 7.06. The molecule has 1 aromatic carbocycles. The molecule has 1 fully saturated rings. The van der Waals surface area contributed by atoms with Crippen LogP contribution in [0.1, 0.15) is 55.7 Å². The Morgan fingerprint density at radius 3 is 2.30 bits per heavy atom. The number of rotatable bonds is 6. The number of aryl methyl sites for hydroxylation is 2. The molecule has 1 aliphatic carbocycles. The van der Waals surface area contributed by atoms with Crippen LogP contribution >= 0.6 is 0 Å². The average Bonchev–Trinajstić information content (AvgIpc) is 2.40. The first kappa shape index (κ1) is 15.6. The fraction of sp³-hybridized carbons (Fsp3) is 0.684. The van der Waals surface area contributed by atoms with Crippen molar-refractivity contribution in [2.45, 2.75) is 59.3 Å². The quantitative estimate of drug-likeness (QED) is 0.744. The Morgan fingerprint density at radius 2 is 1.65 bits per heavy atom. The molecule has 1 saturated carbocycles. The Labute approximate surface area is 125 Å². The topological polar surface area (TPSA) is 12.0 Å². The highest BCUT2D eigenvalue weighted by atomic mass is 14.9. The van der Waals surface area contributed by atoms with E-state index in [4.69, 9.17) is 0 Å². The molecule has 0 amide bonds. The van der Waals surface area contributed by atoms with Crippen molar-refractivity contribution in [1.29, 1.82) is 0 Å². The molecule has 0 heterocycles. The smallest absolute Gasteiger partial charge is 0.00178 e. The Balaban J connectivity index is 1.96. The van der Waals surface area contributed by atoms with Gasteiger partial charge in [0.1, 0.15) is 0 Å². The van der Waals surface area contributed by atoms with Crippen molar-refractivity contribution in [3.63, 3.8) is 0 Å². The summed E-state index contributed by atoms with van der Waals surface area (Å²) in [7, 11) is 0. The molecule has 0 spiro atoms. The fourth-order valence-electron chi connectivity index (χ4n) is 3.78. The third-order valence-electron chi connectivity index (χ3n) is 4.68. The van der Waals surface area contributed by atoms with E-state index in [2.05, 4.69) is 44.3 Å². The molecule has 2 atom stereocenters. The van der Waals surface area contributed by atoms with Crippen LogP contribution in [0.5, 0.6) is 0 Å². The minimum Gasteiger partial charge on any atom is -0.316 e. The van der Waals surface area contributed by atoms with Crippen LogP contribution in [0.2, 0.25) is 0 Å². The lowest BCUT2D eigenvalue weighted by Gasteiger charge is -2.32. The lowest BCUT2D eigenvalue weighted by Crippen LogP contribution is -2.32. The molecule has 1 aromatic rings. The van der Waals surface area contributed by atoms with E-state index in [-0.39, 0.29) is 0 Å². The van der Waals surface area contributed by atoms with Gasteiger partial charge in [-0.2, -0.15) is 0 Å². The van der Waals surface area contributed by atoms with Gasteiger partial charge in [-0.05, 0) is 70.0 Å². The molecule has 0 saturated heterocycles. The summed E-state index contributed by atoms with van der Waals surface area (Å²) in [5.74, 6) is 1.77. The second kappa shape index (κ2) is 7.83. The molecule has 1 nitrogen and oxygen atoms in total. The monoisotopic (exact) mass is 273 g/mol. The van der Waals surface area contributed by atoms with Gasteiger partial charge in [0.25, 0.3) is 0 Å². The zero-order valence-electron chi connectivity index (χ0n) is 13.5. The van der Waals surface area contributed by atoms with Crippen LogP contribution < -0.4 is 5.32 Å². The van der Waals surface area contributed by atoms with E-state index in [0.29, 0.717) is 0 Å². The zero-order chi connectivity index (χ0) is 14.4. The summed E-state index contributed by atoms with van der Waals surface area (Å²) in [5, 5.41) is 3.64. The molecule has 1 aliphatic rings. The van der Waals surface area contributed by atoms with Crippen LogP contribution in [0, 0.1) is 25.7 Å². The summed E-state index contributed by atoms with van der Waals surface area (Å²) in [6.07, 6.45) is 8.23. The maximum Gasteiger partial charge on any atom is -0.00178 e. The van der Waals surface area contributed by atoms with E-state index >= 15 is 0 Å². The van der Waals surface area contributed by atoms with Gasteiger partial charge >= 0.3 is 0 Å². The van der Waals surface area contributed by atoms with Crippen LogP contribution in [0.4, 0.5) is 0 Å². The van der Waals surface area contributed by atoms with Gasteiger partial charge in [0, 0.05) is 0 Å². The van der Waals surface area contributed by atoms with E-state index in [1.54, 1.807) is 5.56 Å². The maximum absolute atomic E-state index is 3.64. The van der Waals surface area contributed by atoms with Gasteiger partial charge in [-0.1, -0.05) is 49.1 Å². The number of nitrogens with one attached hydrogen (secondary N) is 1. The Morgan fingerprint density at radius 1 is 1.00 bits per heavy atom. The van der Waals surface area contributed by atoms with E-state index < -0.39 is 0 Å². The third-order valence-corrected chi connectivity index (χ3v) is 4.68. The predicted molar refractivity (Wildman–Crippen MR) is 88.2 cm³/mol. The van der Waals surface area contributed by atoms with Gasteiger partial charge in [-0.15, -0.1) is 0 Å². The van der Waals surface area contributed by atoms with Crippen molar-refractivity contribution in [3.05, 3.63) is 34.9 Å². The molecule has 2 unspecified atom stereocenters. The molecule has 0 aromatic heterocycles. The van der Waals surface area contributed by atoms with Crippen molar-refractivity contribution in [2.24, 2.45) is 11.8 Å². The van der Waals surface area contributed by atoms with E-state index in [1.807, 2.05) is 0 Å². The summed E-state index contributed by atoms with van der Waals surface area (Å²) in [6.45, 7) is 9.09. The normalized spacial score (nSPS) is 22.9. The molecule has 112 valence electrons. The van der Waals surface area contributed by atoms with E-state index in [0.717, 1.165) is 11.8 Å². The summed E-state index contributed by atoms with van der Waals surface area (Å²) in [5.41, 5.74) is 4.38. The second-order valence-electron chi connectivity index (χ2n) is 6.71. The average molecular weight is 273 g/mol. The summed E-state index contributed by atoms with van der Waals surface area (Å²) >= 11 is 0. The molecule has 0 bridgehead atoms. The first-order valence-corrected chi connectivity index (χ1v) is 8.47. The lowest BCUT2D eigenvalue weighted by atomic mass is 9.76. The van der Waals surface area contributed by atoms with Crippen molar-refractivity contribution in [1.82, 2.24) is 5.32 Å². The van der Waals surface area contributed by atoms with Gasteiger partial charge in [0.2, 0.25) is 0 Å². The first-order chi connectivity index (χ1) is 9.69. The van der Waals surface area contributed by atoms with E-state index in [9.17, 15) is 0 Å². The first-order valence-electron chi connectivity index (χ1n) is 8.47. The van der Waals surface area contributed by atoms with Gasteiger partial charge in [-0.3, -0.25) is 0 Å². The van der Waals surface area contributed by atoms with Gasteiger partial charge in [0.15, 0.2) is 0 Å². The summed E-state index contributed by atoms with van der Waals surface area (Å²) < 4.78 is 0. The largest absolute Gasteiger partial charge is 0.316 e. The number of benzene rings is 1. The van der Waals surface area contributed by atoms with Crippen LogP contribution in [-0.4, -0.2) is 13.1 Å². The highest BCUT2D eigenvalue weighted by Gasteiger charge is 2.24. The fourth-order valence-corrected chi connectivity index (χ4v) is 3.78. The molecular weight excluding hydrogens is 242 g/mol. The minimum absolute atomic E-state index is 0.884. The second-order valence-corrected chi connectivity index (χ2v) is 6.71. The molecule has 0 aliphatic heterocycles. The van der Waals surface area contributed by atoms with Crippen LogP contribution in [0.15, 0.2) is 18.2 Å². The number of hydrogen-bond donors (Lipinski definition) is 1. The minimum atomic E-state index is 0.884. The molecule has 1 heteroatoms. The van der Waals surface area contributed by atoms with Crippen LogP contribution in [-0.2, 0) is 6.42 Å². The Bertz CT molecular complexity index is 390. The maximum atomic E-state index is 3.64. The van der Waals surface area contributed by atoms with Crippen molar-refractivity contribution < 1.29 is 0 Å². The Hall–Kier alpha value is -0.820. The van der Waals surface area contributed by atoms with Gasteiger partial charge in [0.05, 0.1) is 0 Å². The molecule has 2 rings (SSSR count). The summed E-state index contributed by atoms with van der Waals surface area (Å²) in [4.78, 5) is 0. The zero-order valence-corrected chi connectivity index (χ0v) is 13.5. The predicted octanol–water partition coefficient (Wildman–Crippen LogP) is 4.65. The third kappa shape index (κ3) is 4.63.